The number of carboxylic acids is 1. The highest BCUT2D eigenvalue weighted by molar-refractivity contribution is 5.79. The van der Waals surface area contributed by atoms with Crippen LogP contribution in [0.3, 0.4) is 0 Å². The van der Waals surface area contributed by atoms with Crippen LogP contribution < -0.4 is 0 Å². The second kappa shape index (κ2) is 17.5. The fraction of sp³-hybridized carbons (Fsp3) is 0.917. The van der Waals surface area contributed by atoms with Gasteiger partial charge in [0.15, 0.2) is 18.7 Å². The summed E-state index contributed by atoms with van der Waals surface area (Å²) >= 11 is 0. The van der Waals surface area contributed by atoms with Crippen LogP contribution in [0.2, 0.25) is 0 Å². The van der Waals surface area contributed by atoms with Crippen molar-refractivity contribution in [2.45, 2.75) is 218 Å². The molecular weight excluding hydrogens is 865 g/mol. The Hall–Kier alpha value is -1.88. The van der Waals surface area contributed by atoms with Gasteiger partial charge in [0.25, 0.3) is 0 Å². The van der Waals surface area contributed by atoms with Gasteiger partial charge in [-0.05, 0) is 124 Å². The minimum Gasteiger partial charge on any atom is -0.481 e. The molecule has 0 aromatic heterocycles. The molecule has 376 valence electrons. The zero-order valence-corrected chi connectivity index (χ0v) is 39.6. The number of fused-ring (bicyclic) bond motifs is 7. The first-order chi connectivity index (χ1) is 30.7. The second-order valence-electron chi connectivity index (χ2n) is 23.2. The van der Waals surface area contributed by atoms with E-state index in [2.05, 4.69) is 40.7 Å². The Kier molecular flexibility index (Phi) is 13.4. The third kappa shape index (κ3) is 7.57. The molecule has 5 aliphatic carbocycles. The van der Waals surface area contributed by atoms with Crippen molar-refractivity contribution >= 4 is 11.9 Å². The molecule has 10 N–H and O–H groups in total. The number of rotatable bonds is 8. The van der Waals surface area contributed by atoms with E-state index in [0.717, 1.165) is 19.3 Å². The van der Waals surface area contributed by atoms with E-state index in [1.807, 2.05) is 0 Å². The average molecular weight is 941 g/mol. The van der Waals surface area contributed by atoms with E-state index >= 15 is 4.79 Å². The number of aliphatic carboxylic acids is 1. The maximum Gasteiger partial charge on any atom is 0.315 e. The van der Waals surface area contributed by atoms with Gasteiger partial charge in [0.2, 0.25) is 6.29 Å². The van der Waals surface area contributed by atoms with Crippen LogP contribution in [0, 0.1) is 50.2 Å². The Morgan fingerprint density at radius 2 is 1.27 bits per heavy atom. The van der Waals surface area contributed by atoms with E-state index in [1.54, 1.807) is 6.92 Å². The summed E-state index contributed by atoms with van der Waals surface area (Å²) in [6.45, 7) is 15.4. The minimum absolute atomic E-state index is 0.115. The van der Waals surface area contributed by atoms with E-state index in [0.29, 0.717) is 44.9 Å². The van der Waals surface area contributed by atoms with Crippen molar-refractivity contribution in [2.75, 3.05) is 6.61 Å². The Morgan fingerprint density at radius 3 is 1.94 bits per heavy atom. The third-order valence-corrected chi connectivity index (χ3v) is 19.4. The lowest BCUT2D eigenvalue weighted by Gasteiger charge is -2.71. The van der Waals surface area contributed by atoms with Crippen LogP contribution in [-0.2, 0) is 38.0 Å². The smallest absolute Gasteiger partial charge is 0.315 e. The lowest BCUT2D eigenvalue weighted by atomic mass is 9.33. The average Bonchev–Trinajstić information content (AvgIpc) is 3.25. The molecule has 18 heteroatoms. The van der Waals surface area contributed by atoms with Gasteiger partial charge in [-0.2, -0.15) is 0 Å². The van der Waals surface area contributed by atoms with Crippen LogP contribution in [0.5, 0.6) is 0 Å². The summed E-state index contributed by atoms with van der Waals surface area (Å²) in [6, 6.07) is 0. The predicted molar refractivity (Wildman–Crippen MR) is 229 cm³/mol. The highest BCUT2D eigenvalue weighted by Crippen LogP contribution is 2.76. The zero-order chi connectivity index (χ0) is 48.4. The summed E-state index contributed by atoms with van der Waals surface area (Å²) in [6.07, 6.45) is -15.6. The molecule has 18 nitrogen and oxygen atoms in total. The standard InChI is InChI=1S/C48H76O18/c1-21-29(51)32(54)37(65-38-35(57)33(55)36(22(2)62-38)64-39-34(56)31(53)30(52)25(20-49)63-39)40(61-21)66-42(60)48-17-15-43(3,4)19-24(48)23-9-10-26-44(5)13-12-28(50)47(8,41(58)59)27(44)11-14-46(26,7)45(23,6)16-18-48/h9,21-22,24-40,49-57H,10-20H2,1-8H3,(H,58,59)/t21-,22+,24+,25-,26-,27-,28+,29+,30-,31+,32+,33+,34-,35-,36+,37-,38+,39+,40+,44-,45-,46-,47+,48+/m1/s1. The summed E-state index contributed by atoms with van der Waals surface area (Å²) < 4.78 is 35.7. The molecule has 0 amide bonds. The predicted octanol–water partition coefficient (Wildman–Crippen LogP) is 1.26. The molecule has 0 spiro atoms. The van der Waals surface area contributed by atoms with Gasteiger partial charge in [0.05, 0.1) is 35.7 Å². The van der Waals surface area contributed by atoms with Gasteiger partial charge in [-0.3, -0.25) is 9.59 Å². The maximum absolute atomic E-state index is 15.2. The highest BCUT2D eigenvalue weighted by atomic mass is 16.8. The van der Waals surface area contributed by atoms with Gasteiger partial charge in [-0.25, -0.2) is 0 Å². The van der Waals surface area contributed by atoms with Gasteiger partial charge in [-0.1, -0.05) is 46.3 Å². The summed E-state index contributed by atoms with van der Waals surface area (Å²) in [5.41, 5.74) is -2.03. The van der Waals surface area contributed by atoms with Gasteiger partial charge < -0.3 is 79.5 Å². The summed E-state index contributed by atoms with van der Waals surface area (Å²) in [4.78, 5) is 28.1. The summed E-state index contributed by atoms with van der Waals surface area (Å²) in [5.74, 6) is -1.76. The summed E-state index contributed by atoms with van der Waals surface area (Å²) in [7, 11) is 0. The molecule has 3 aliphatic heterocycles. The van der Waals surface area contributed by atoms with Gasteiger partial charge in [0.1, 0.15) is 54.9 Å². The molecule has 7 fully saturated rings. The van der Waals surface area contributed by atoms with Gasteiger partial charge in [0, 0.05) is 0 Å². The highest BCUT2D eigenvalue weighted by Gasteiger charge is 2.71. The molecule has 8 aliphatic rings. The van der Waals surface area contributed by atoms with Crippen molar-refractivity contribution in [2.24, 2.45) is 50.2 Å². The van der Waals surface area contributed by atoms with Crippen LogP contribution >= 0.6 is 0 Å². The van der Waals surface area contributed by atoms with E-state index < -0.39 is 128 Å². The molecule has 0 bridgehead atoms. The number of carbonyl (C=O) groups is 2. The molecule has 8 rings (SSSR count). The molecule has 24 atom stereocenters. The number of hydrogen-bond donors (Lipinski definition) is 10. The number of carbonyl (C=O) groups excluding carboxylic acids is 1. The molecule has 0 aromatic rings. The van der Waals surface area contributed by atoms with Crippen molar-refractivity contribution < 1.29 is 89.1 Å². The van der Waals surface area contributed by atoms with Crippen molar-refractivity contribution in [3.8, 4) is 0 Å². The second-order valence-corrected chi connectivity index (χ2v) is 23.2. The van der Waals surface area contributed by atoms with Crippen molar-refractivity contribution in [1.82, 2.24) is 0 Å². The van der Waals surface area contributed by atoms with E-state index in [-0.39, 0.29) is 39.4 Å². The number of hydrogen-bond acceptors (Lipinski definition) is 17. The number of ether oxygens (including phenoxy) is 6. The molecule has 3 heterocycles. The molecule has 0 aromatic carbocycles. The molecule has 0 radical (unpaired) electrons. The van der Waals surface area contributed by atoms with Crippen LogP contribution in [0.1, 0.15) is 120 Å². The third-order valence-electron chi connectivity index (χ3n) is 19.4. The molecule has 3 saturated heterocycles. The first-order valence-electron chi connectivity index (χ1n) is 24.2. The number of carboxylic acid groups (broad SMARTS) is 1. The largest absolute Gasteiger partial charge is 0.481 e. The molecular formula is C48H76O18. The van der Waals surface area contributed by atoms with Crippen molar-refractivity contribution in [3.05, 3.63) is 11.6 Å². The van der Waals surface area contributed by atoms with Crippen LogP contribution in [-0.4, -0.2) is 168 Å². The van der Waals surface area contributed by atoms with Crippen molar-refractivity contribution in [3.63, 3.8) is 0 Å². The van der Waals surface area contributed by atoms with Crippen LogP contribution in [0.25, 0.3) is 0 Å². The number of esters is 1. The topological polar surface area (TPSA) is 292 Å². The number of aliphatic hydroxyl groups is 9. The van der Waals surface area contributed by atoms with Gasteiger partial charge in [-0.15, -0.1) is 0 Å². The monoisotopic (exact) mass is 941 g/mol. The lowest BCUT2D eigenvalue weighted by Crippen LogP contribution is -2.67. The number of allylic oxidation sites excluding steroid dienone is 2. The quantitative estimate of drug-likeness (QED) is 0.121. The SMILES string of the molecule is C[C@@H]1O[C@@H](O[C@H]2[C@H](OC(=O)[C@]34CCC(C)(C)C[C@H]3C3=CC[C@@H]5[C@@]6(C)CC[C@H](O)[C@@](C)(C(=O)O)[C@@H]6CC[C@@]5(C)[C@]3(C)CC4)O[C@H](C)[C@H](O)[C@@H]2O)[C@H](O)[C@H](O)[C@H]1O[C@@H]1O[C@H](CO)[C@@H](O)[C@H](O)[C@H]1O. The number of aliphatic hydroxyl groups excluding tert-OH is 9. The normalized spacial score (nSPS) is 54.7. The molecule has 66 heavy (non-hydrogen) atoms. The van der Waals surface area contributed by atoms with E-state index in [9.17, 15) is 55.9 Å². The maximum atomic E-state index is 15.2. The summed E-state index contributed by atoms with van der Waals surface area (Å²) in [5, 5.41) is 108. The van der Waals surface area contributed by atoms with E-state index in [4.69, 9.17) is 28.4 Å². The fourth-order valence-corrected chi connectivity index (χ4v) is 14.8. The first kappa shape index (κ1) is 50.5. The Morgan fingerprint density at radius 1 is 0.667 bits per heavy atom. The van der Waals surface area contributed by atoms with Crippen LogP contribution in [0.4, 0.5) is 0 Å². The zero-order valence-electron chi connectivity index (χ0n) is 39.6. The van der Waals surface area contributed by atoms with Crippen LogP contribution in [0.15, 0.2) is 11.6 Å². The Bertz CT molecular complexity index is 1860. The van der Waals surface area contributed by atoms with Crippen molar-refractivity contribution in [1.29, 1.82) is 0 Å². The Balaban J connectivity index is 1.04. The Labute approximate surface area is 386 Å². The van der Waals surface area contributed by atoms with Gasteiger partial charge >= 0.3 is 11.9 Å². The lowest BCUT2D eigenvalue weighted by molar-refractivity contribution is -0.377. The fourth-order valence-electron chi connectivity index (χ4n) is 14.8. The minimum atomic E-state index is -1.88. The van der Waals surface area contributed by atoms with E-state index in [1.165, 1.54) is 19.4 Å². The molecule has 4 saturated carbocycles. The molecule has 0 unspecified atom stereocenters. The first-order valence-corrected chi connectivity index (χ1v) is 24.2.